The first kappa shape index (κ1) is 15.9. The van der Waals surface area contributed by atoms with Crippen LogP contribution >= 0.6 is 0 Å². The topological polar surface area (TPSA) is 68.1 Å². The molecule has 5 nitrogen and oxygen atoms in total. The summed E-state index contributed by atoms with van der Waals surface area (Å²) in [5, 5.41) is 5.82. The Labute approximate surface area is 133 Å². The summed E-state index contributed by atoms with van der Waals surface area (Å²) in [6, 6.07) is 11.5. The molecule has 0 saturated carbocycles. The molecule has 3 aromatic rings. The Morgan fingerprint density at radius 1 is 1.08 bits per heavy atom. The van der Waals surface area contributed by atoms with E-state index in [2.05, 4.69) is 10.2 Å². The van der Waals surface area contributed by atoms with Crippen molar-refractivity contribution in [1.82, 2.24) is 10.2 Å². The lowest BCUT2D eigenvalue weighted by molar-refractivity contribution is -0.138. The molecule has 3 rings (SSSR count). The molecule has 0 aliphatic heterocycles. The van der Waals surface area contributed by atoms with Gasteiger partial charge >= 0.3 is 11.9 Å². The number of hydrogen-bond donors (Lipinski definition) is 1. The second-order valence-corrected chi connectivity index (χ2v) is 4.89. The van der Waals surface area contributed by atoms with Gasteiger partial charge in [0.15, 0.2) is 0 Å². The standard InChI is InChI=1S/C16H11F3N2O3/c17-16(18,19)13-4-2-1-3-11(13)9-23-12-7-5-10(6-8-12)14-20-21-15(22)24-14/h1-8H,9H2,(H,21,22). The van der Waals surface area contributed by atoms with Crippen LogP contribution < -0.4 is 10.5 Å². The molecule has 8 heteroatoms. The monoisotopic (exact) mass is 336 g/mol. The van der Waals surface area contributed by atoms with E-state index in [0.717, 1.165) is 6.07 Å². The van der Waals surface area contributed by atoms with Crippen molar-refractivity contribution in [1.29, 1.82) is 0 Å². The summed E-state index contributed by atoms with van der Waals surface area (Å²) in [4.78, 5) is 10.9. The predicted octanol–water partition coefficient (Wildman–Crippen LogP) is 3.63. The molecule has 0 saturated heterocycles. The average Bonchev–Trinajstić information content (AvgIpc) is 2.99. The smallest absolute Gasteiger partial charge is 0.434 e. The van der Waals surface area contributed by atoms with Crippen molar-refractivity contribution in [3.05, 3.63) is 70.2 Å². The zero-order valence-electron chi connectivity index (χ0n) is 12.1. The first-order chi connectivity index (χ1) is 11.4. The molecule has 0 spiro atoms. The second-order valence-electron chi connectivity index (χ2n) is 4.89. The molecule has 0 atom stereocenters. The van der Waals surface area contributed by atoms with Crippen LogP contribution in [0, 0.1) is 0 Å². The summed E-state index contributed by atoms with van der Waals surface area (Å²) in [5.41, 5.74) is -0.135. The maximum Gasteiger partial charge on any atom is 0.434 e. The lowest BCUT2D eigenvalue weighted by atomic mass is 10.1. The van der Waals surface area contributed by atoms with E-state index in [-0.39, 0.29) is 18.1 Å². The number of benzene rings is 2. The van der Waals surface area contributed by atoms with Gasteiger partial charge in [0.25, 0.3) is 0 Å². The van der Waals surface area contributed by atoms with Gasteiger partial charge in [0.1, 0.15) is 12.4 Å². The highest BCUT2D eigenvalue weighted by Gasteiger charge is 2.32. The van der Waals surface area contributed by atoms with E-state index in [4.69, 9.17) is 9.15 Å². The average molecular weight is 336 g/mol. The van der Waals surface area contributed by atoms with Gasteiger partial charge in [-0.3, -0.25) is 0 Å². The Kier molecular flexibility index (Phi) is 4.11. The van der Waals surface area contributed by atoms with Crippen LogP contribution in [-0.2, 0) is 12.8 Å². The molecule has 0 unspecified atom stereocenters. The molecule has 0 radical (unpaired) electrons. The summed E-state index contributed by atoms with van der Waals surface area (Å²) in [6.45, 7) is -0.216. The molecule has 1 N–H and O–H groups in total. The van der Waals surface area contributed by atoms with Crippen molar-refractivity contribution >= 4 is 0 Å². The molecule has 24 heavy (non-hydrogen) atoms. The van der Waals surface area contributed by atoms with Crippen molar-refractivity contribution in [2.75, 3.05) is 0 Å². The molecule has 0 fully saturated rings. The first-order valence-electron chi connectivity index (χ1n) is 6.87. The van der Waals surface area contributed by atoms with Gasteiger partial charge in [0, 0.05) is 11.1 Å². The largest absolute Gasteiger partial charge is 0.489 e. The fourth-order valence-electron chi connectivity index (χ4n) is 2.13. The molecule has 0 amide bonds. The molecular formula is C16H11F3N2O3. The van der Waals surface area contributed by atoms with Gasteiger partial charge in [-0.2, -0.15) is 13.2 Å². The van der Waals surface area contributed by atoms with Crippen LogP contribution in [0.3, 0.4) is 0 Å². The van der Waals surface area contributed by atoms with Crippen molar-refractivity contribution in [2.24, 2.45) is 0 Å². The number of hydrogen-bond acceptors (Lipinski definition) is 4. The zero-order chi connectivity index (χ0) is 17.2. The van der Waals surface area contributed by atoms with Crippen LogP contribution in [0.2, 0.25) is 0 Å². The van der Waals surface area contributed by atoms with Crippen LogP contribution in [0.1, 0.15) is 11.1 Å². The van der Waals surface area contributed by atoms with E-state index in [1.54, 1.807) is 24.3 Å². The third kappa shape index (κ3) is 3.48. The SMILES string of the molecule is O=c1[nH]nc(-c2ccc(OCc3ccccc3C(F)(F)F)cc2)o1. The lowest BCUT2D eigenvalue weighted by Gasteiger charge is -2.13. The fourth-order valence-corrected chi connectivity index (χ4v) is 2.13. The highest BCUT2D eigenvalue weighted by Crippen LogP contribution is 2.32. The number of rotatable bonds is 4. The number of aromatic nitrogens is 2. The quantitative estimate of drug-likeness (QED) is 0.790. The summed E-state index contributed by atoms with van der Waals surface area (Å²) >= 11 is 0. The maximum absolute atomic E-state index is 12.9. The fraction of sp³-hybridized carbons (Fsp3) is 0.125. The third-order valence-corrected chi connectivity index (χ3v) is 3.26. The van der Waals surface area contributed by atoms with Crippen molar-refractivity contribution in [2.45, 2.75) is 12.8 Å². The first-order valence-corrected chi connectivity index (χ1v) is 6.87. The molecule has 0 aliphatic carbocycles. The molecule has 0 bridgehead atoms. The minimum atomic E-state index is -4.43. The van der Waals surface area contributed by atoms with Gasteiger partial charge < -0.3 is 9.15 Å². The Hall–Kier alpha value is -3.03. The van der Waals surface area contributed by atoms with Gasteiger partial charge in [0.05, 0.1) is 5.56 Å². The molecule has 2 aromatic carbocycles. The Balaban J connectivity index is 1.73. The van der Waals surface area contributed by atoms with Crippen molar-refractivity contribution in [3.63, 3.8) is 0 Å². The van der Waals surface area contributed by atoms with E-state index in [1.807, 2.05) is 0 Å². The van der Waals surface area contributed by atoms with Gasteiger partial charge in [-0.25, -0.2) is 9.89 Å². The van der Waals surface area contributed by atoms with E-state index in [9.17, 15) is 18.0 Å². The van der Waals surface area contributed by atoms with Gasteiger partial charge in [0.2, 0.25) is 5.89 Å². The molecular weight excluding hydrogens is 325 g/mol. The normalized spacial score (nSPS) is 11.5. The van der Waals surface area contributed by atoms with Crippen molar-refractivity contribution < 1.29 is 22.3 Å². The maximum atomic E-state index is 12.9. The second kappa shape index (κ2) is 6.23. The summed E-state index contributed by atoms with van der Waals surface area (Å²) < 4.78 is 49.0. The van der Waals surface area contributed by atoms with E-state index >= 15 is 0 Å². The Morgan fingerprint density at radius 2 is 1.79 bits per heavy atom. The van der Waals surface area contributed by atoms with Crippen LogP contribution in [0.4, 0.5) is 13.2 Å². The van der Waals surface area contributed by atoms with Gasteiger partial charge in [-0.15, -0.1) is 5.10 Å². The minimum absolute atomic E-state index is 0.0485. The van der Waals surface area contributed by atoms with Crippen LogP contribution in [0.15, 0.2) is 57.7 Å². The van der Waals surface area contributed by atoms with Crippen LogP contribution in [0.25, 0.3) is 11.5 Å². The van der Waals surface area contributed by atoms with E-state index in [1.165, 1.54) is 18.2 Å². The van der Waals surface area contributed by atoms with Crippen LogP contribution in [-0.4, -0.2) is 10.2 Å². The number of nitrogens with zero attached hydrogens (tertiary/aromatic N) is 1. The Morgan fingerprint density at radius 3 is 2.42 bits per heavy atom. The van der Waals surface area contributed by atoms with Crippen molar-refractivity contribution in [3.8, 4) is 17.2 Å². The molecule has 1 aromatic heterocycles. The van der Waals surface area contributed by atoms with E-state index < -0.39 is 17.5 Å². The van der Waals surface area contributed by atoms with Gasteiger partial charge in [-0.1, -0.05) is 18.2 Å². The predicted molar refractivity (Wildman–Crippen MR) is 78.3 cm³/mol. The number of H-pyrrole nitrogens is 1. The van der Waals surface area contributed by atoms with Crippen LogP contribution in [0.5, 0.6) is 5.75 Å². The highest BCUT2D eigenvalue weighted by molar-refractivity contribution is 5.53. The third-order valence-electron chi connectivity index (χ3n) is 3.26. The van der Waals surface area contributed by atoms with E-state index in [0.29, 0.717) is 11.3 Å². The number of ether oxygens (including phenoxy) is 1. The number of aromatic amines is 1. The summed E-state index contributed by atoms with van der Waals surface area (Å²) in [6.07, 6.45) is -4.43. The summed E-state index contributed by atoms with van der Waals surface area (Å²) in [5.74, 6) is -0.170. The number of nitrogens with one attached hydrogen (secondary N) is 1. The zero-order valence-corrected chi connectivity index (χ0v) is 12.1. The van der Waals surface area contributed by atoms with Gasteiger partial charge in [-0.05, 0) is 30.3 Å². The Bertz CT molecular complexity index is 882. The summed E-state index contributed by atoms with van der Waals surface area (Å²) in [7, 11) is 0. The number of halogens is 3. The number of alkyl halides is 3. The molecule has 124 valence electrons. The molecule has 0 aliphatic rings. The minimum Gasteiger partial charge on any atom is -0.489 e. The lowest BCUT2D eigenvalue weighted by Crippen LogP contribution is -2.10. The molecule has 1 heterocycles. The highest BCUT2D eigenvalue weighted by atomic mass is 19.4.